The third-order valence-electron chi connectivity index (χ3n) is 4.61. The van der Waals surface area contributed by atoms with Gasteiger partial charge in [0.15, 0.2) is 0 Å². The van der Waals surface area contributed by atoms with E-state index in [4.69, 9.17) is 0 Å². The molecular weight excluding hydrogens is 319 g/mol. The van der Waals surface area contributed by atoms with Crippen molar-refractivity contribution in [2.24, 2.45) is 0 Å². The number of amides is 1. The molecular formula is C16H21FN2O3S. The van der Waals surface area contributed by atoms with Gasteiger partial charge in [0.2, 0.25) is 5.91 Å². The molecule has 3 rings (SSSR count). The highest BCUT2D eigenvalue weighted by Gasteiger charge is 2.39. The maximum Gasteiger partial charge on any atom is 0.307 e. The monoisotopic (exact) mass is 340 g/mol. The summed E-state index contributed by atoms with van der Waals surface area (Å²) in [7, 11) is -4.69. The van der Waals surface area contributed by atoms with Gasteiger partial charge in [-0.25, -0.2) is 0 Å². The van der Waals surface area contributed by atoms with Crippen LogP contribution in [0, 0.1) is 0 Å². The van der Waals surface area contributed by atoms with Crippen molar-refractivity contribution in [1.29, 1.82) is 0 Å². The second-order valence-electron chi connectivity index (χ2n) is 6.27. The fourth-order valence-electron chi connectivity index (χ4n) is 3.36. The third kappa shape index (κ3) is 3.72. The van der Waals surface area contributed by atoms with E-state index >= 15 is 0 Å². The van der Waals surface area contributed by atoms with Crippen LogP contribution < -0.4 is 4.90 Å². The van der Waals surface area contributed by atoms with Gasteiger partial charge in [-0.05, 0) is 37.6 Å². The molecule has 1 unspecified atom stereocenters. The Bertz CT molecular complexity index is 686. The molecule has 126 valence electrons. The third-order valence-corrected chi connectivity index (χ3v) is 5.72. The number of anilines is 1. The summed E-state index contributed by atoms with van der Waals surface area (Å²) in [5, 5.41) is -1.25. The zero-order valence-corrected chi connectivity index (χ0v) is 13.8. The van der Waals surface area contributed by atoms with Crippen LogP contribution in [-0.4, -0.2) is 44.1 Å². The molecule has 5 nitrogen and oxygen atoms in total. The largest absolute Gasteiger partial charge is 0.311 e. The van der Waals surface area contributed by atoms with E-state index < -0.39 is 15.5 Å². The first-order valence-corrected chi connectivity index (χ1v) is 9.44. The van der Waals surface area contributed by atoms with E-state index in [0.717, 1.165) is 25.2 Å². The number of carbonyl (C=O) groups excluding carboxylic acids is 1. The first-order valence-electron chi connectivity index (χ1n) is 7.99. The maximum absolute atomic E-state index is 13.2. The topological polar surface area (TPSA) is 57.7 Å². The quantitative estimate of drug-likeness (QED) is 0.788. The van der Waals surface area contributed by atoms with Crippen molar-refractivity contribution in [2.75, 3.05) is 24.5 Å². The zero-order chi connectivity index (χ0) is 16.4. The van der Waals surface area contributed by atoms with E-state index in [1.54, 1.807) is 0 Å². The highest BCUT2D eigenvalue weighted by Crippen LogP contribution is 2.29. The van der Waals surface area contributed by atoms with Crippen molar-refractivity contribution in [2.45, 2.75) is 37.5 Å². The van der Waals surface area contributed by atoms with Crippen LogP contribution in [0.5, 0.6) is 0 Å². The van der Waals surface area contributed by atoms with Gasteiger partial charge in [0.05, 0.1) is 0 Å². The van der Waals surface area contributed by atoms with E-state index in [1.807, 2.05) is 24.3 Å². The molecule has 2 aliphatic heterocycles. The maximum atomic E-state index is 13.2. The molecule has 23 heavy (non-hydrogen) atoms. The number of para-hydroxylation sites is 1. The van der Waals surface area contributed by atoms with Crippen LogP contribution in [0.1, 0.15) is 31.2 Å². The van der Waals surface area contributed by atoms with E-state index in [-0.39, 0.29) is 18.9 Å². The van der Waals surface area contributed by atoms with E-state index in [9.17, 15) is 17.1 Å². The van der Waals surface area contributed by atoms with Crippen molar-refractivity contribution >= 4 is 21.8 Å². The molecule has 7 heteroatoms. The number of piperidine rings is 1. The smallest absolute Gasteiger partial charge is 0.307 e. The van der Waals surface area contributed by atoms with Gasteiger partial charge in [-0.15, -0.1) is 3.89 Å². The lowest BCUT2D eigenvalue weighted by molar-refractivity contribution is -0.117. The number of halogens is 1. The Kier molecular flexibility index (Phi) is 4.68. The number of hydrogen-bond acceptors (Lipinski definition) is 4. The molecule has 2 heterocycles. The lowest BCUT2D eigenvalue weighted by Crippen LogP contribution is -2.32. The average Bonchev–Trinajstić information content (AvgIpc) is 2.91. The molecule has 1 atom stereocenters. The normalized spacial score (nSPS) is 23.4. The molecule has 1 aromatic rings. The molecule has 0 radical (unpaired) electrons. The summed E-state index contributed by atoms with van der Waals surface area (Å²) in [6.07, 6.45) is 3.32. The van der Waals surface area contributed by atoms with Crippen molar-refractivity contribution in [3.8, 4) is 0 Å². The first-order chi connectivity index (χ1) is 10.9. The summed E-state index contributed by atoms with van der Waals surface area (Å²) in [6, 6.07) is 7.49. The molecule has 0 aliphatic carbocycles. The van der Waals surface area contributed by atoms with E-state index in [0.29, 0.717) is 5.69 Å². The van der Waals surface area contributed by atoms with E-state index in [1.165, 1.54) is 24.2 Å². The lowest BCUT2D eigenvalue weighted by Gasteiger charge is -2.28. The Morgan fingerprint density at radius 1 is 1.13 bits per heavy atom. The average molecular weight is 340 g/mol. The summed E-state index contributed by atoms with van der Waals surface area (Å²) < 4.78 is 35.4. The number of benzene rings is 1. The molecule has 0 saturated carbocycles. The van der Waals surface area contributed by atoms with Gasteiger partial charge in [-0.3, -0.25) is 9.69 Å². The number of nitrogens with zero attached hydrogens (tertiary/aromatic N) is 2. The minimum absolute atomic E-state index is 0.103. The van der Waals surface area contributed by atoms with Gasteiger partial charge in [0.25, 0.3) is 0 Å². The number of likely N-dealkylation sites (tertiary alicyclic amines) is 1. The number of carbonyl (C=O) groups is 1. The molecule has 0 aromatic heterocycles. The summed E-state index contributed by atoms with van der Waals surface area (Å²) in [4.78, 5) is 15.9. The van der Waals surface area contributed by atoms with Crippen molar-refractivity contribution in [3.63, 3.8) is 0 Å². The Morgan fingerprint density at radius 2 is 1.83 bits per heavy atom. The molecule has 2 fully saturated rings. The Labute approximate surface area is 136 Å². The van der Waals surface area contributed by atoms with Gasteiger partial charge >= 0.3 is 10.2 Å². The minimum atomic E-state index is -4.69. The molecule has 0 spiro atoms. The fraction of sp³-hybridized carbons (Fsp3) is 0.562. The Morgan fingerprint density at radius 3 is 2.48 bits per heavy atom. The first kappa shape index (κ1) is 16.4. The van der Waals surface area contributed by atoms with Crippen LogP contribution in [0.4, 0.5) is 9.57 Å². The molecule has 2 saturated heterocycles. The van der Waals surface area contributed by atoms with Gasteiger partial charge in [-0.1, -0.05) is 24.6 Å². The van der Waals surface area contributed by atoms with Gasteiger partial charge in [0.1, 0.15) is 5.25 Å². The van der Waals surface area contributed by atoms with Crippen LogP contribution in [0.15, 0.2) is 24.3 Å². The standard InChI is InChI=1S/C16H21FN2O3S/c17-23(21,22)14-10-16(20)19(12-14)15-7-3-2-6-13(15)11-18-8-4-1-5-9-18/h2-3,6-7,14H,1,4-5,8-12H2. The summed E-state index contributed by atoms with van der Waals surface area (Å²) in [5.41, 5.74) is 1.69. The second-order valence-corrected chi connectivity index (χ2v) is 7.89. The predicted octanol–water partition coefficient (Wildman–Crippen LogP) is 2.08. The predicted molar refractivity (Wildman–Crippen MR) is 86.4 cm³/mol. The molecule has 1 aromatic carbocycles. The highest BCUT2D eigenvalue weighted by molar-refractivity contribution is 7.87. The Hall–Kier alpha value is -1.47. The molecule has 0 N–H and O–H groups in total. The van der Waals surface area contributed by atoms with Crippen molar-refractivity contribution < 1.29 is 17.1 Å². The summed E-state index contributed by atoms with van der Waals surface area (Å²) in [5.74, 6) is -0.331. The zero-order valence-electron chi connectivity index (χ0n) is 12.9. The van der Waals surface area contributed by atoms with Crippen molar-refractivity contribution in [3.05, 3.63) is 29.8 Å². The summed E-state index contributed by atoms with van der Waals surface area (Å²) in [6.45, 7) is 2.69. The molecule has 2 aliphatic rings. The SMILES string of the molecule is O=C1CC(S(=O)(=O)F)CN1c1ccccc1CN1CCCCC1. The van der Waals surface area contributed by atoms with Crippen LogP contribution in [0.3, 0.4) is 0 Å². The summed E-state index contributed by atoms with van der Waals surface area (Å²) >= 11 is 0. The molecule has 1 amide bonds. The van der Waals surface area contributed by atoms with Crippen LogP contribution in [0.25, 0.3) is 0 Å². The van der Waals surface area contributed by atoms with Crippen LogP contribution in [-0.2, 0) is 21.6 Å². The van der Waals surface area contributed by atoms with Gasteiger partial charge < -0.3 is 4.90 Å². The number of rotatable bonds is 4. The fourth-order valence-corrected chi connectivity index (χ4v) is 4.03. The second kappa shape index (κ2) is 6.57. The number of hydrogen-bond donors (Lipinski definition) is 0. The van der Waals surface area contributed by atoms with Crippen LogP contribution in [0.2, 0.25) is 0 Å². The van der Waals surface area contributed by atoms with E-state index in [2.05, 4.69) is 4.90 Å². The molecule has 0 bridgehead atoms. The minimum Gasteiger partial charge on any atom is -0.311 e. The highest BCUT2D eigenvalue weighted by atomic mass is 32.3. The van der Waals surface area contributed by atoms with Crippen molar-refractivity contribution in [1.82, 2.24) is 4.90 Å². The van der Waals surface area contributed by atoms with Crippen LogP contribution >= 0.6 is 0 Å². The Balaban J connectivity index is 1.81. The van der Waals surface area contributed by atoms with Gasteiger partial charge in [0, 0.05) is 25.2 Å². The van der Waals surface area contributed by atoms with Gasteiger partial charge in [-0.2, -0.15) is 8.42 Å². The lowest BCUT2D eigenvalue weighted by atomic mass is 10.1.